The van der Waals surface area contributed by atoms with Crippen molar-refractivity contribution in [1.29, 1.82) is 0 Å². The molecule has 114 valence electrons. The van der Waals surface area contributed by atoms with E-state index in [0.717, 1.165) is 60.2 Å². The Morgan fingerprint density at radius 3 is 2.62 bits per heavy atom. The Bertz CT molecular complexity index is 549. The van der Waals surface area contributed by atoms with Gasteiger partial charge in [-0.1, -0.05) is 50.6 Å². The van der Waals surface area contributed by atoms with Gasteiger partial charge in [0.15, 0.2) is 0 Å². The zero-order valence-electron chi connectivity index (χ0n) is 13.0. The summed E-state index contributed by atoms with van der Waals surface area (Å²) in [6.07, 6.45) is 3.24. The Kier molecular flexibility index (Phi) is 6.18. The van der Waals surface area contributed by atoms with Gasteiger partial charge in [-0.15, -0.1) is 0 Å². The highest BCUT2D eigenvalue weighted by Crippen LogP contribution is 2.25. The van der Waals surface area contributed by atoms with Crippen molar-refractivity contribution in [3.05, 3.63) is 36.0 Å². The van der Waals surface area contributed by atoms with E-state index in [2.05, 4.69) is 42.7 Å². The lowest BCUT2D eigenvalue weighted by Crippen LogP contribution is -2.06. The van der Waals surface area contributed by atoms with Gasteiger partial charge in [-0.3, -0.25) is 0 Å². The number of imidazole rings is 1. The van der Waals surface area contributed by atoms with Crippen LogP contribution >= 0.6 is 11.8 Å². The molecule has 4 heteroatoms. The Labute approximate surface area is 132 Å². The number of benzene rings is 1. The van der Waals surface area contributed by atoms with Crippen molar-refractivity contribution in [3.8, 4) is 11.4 Å². The molecule has 0 amide bonds. The van der Waals surface area contributed by atoms with Crippen LogP contribution < -0.4 is 5.73 Å². The third-order valence-corrected chi connectivity index (χ3v) is 4.44. The molecular formula is C17H25N3S. The Morgan fingerprint density at radius 1 is 1.19 bits per heavy atom. The van der Waals surface area contributed by atoms with Gasteiger partial charge < -0.3 is 10.3 Å². The van der Waals surface area contributed by atoms with Gasteiger partial charge in [-0.2, -0.15) is 11.8 Å². The number of nitrogens with two attached hydrogens (primary N) is 1. The van der Waals surface area contributed by atoms with Crippen LogP contribution in [0, 0.1) is 0 Å². The van der Waals surface area contributed by atoms with Crippen LogP contribution in [0.15, 0.2) is 30.3 Å². The number of anilines is 1. The third-order valence-electron chi connectivity index (χ3n) is 3.54. The quantitative estimate of drug-likeness (QED) is 0.742. The standard InChI is InChI=1S/C17H25N3S/c1-3-5-12-20-16(18)15(11-13-21-4-2)19-17(20)14-9-7-6-8-10-14/h6-10H,3-5,11-13,18H2,1-2H3. The maximum absolute atomic E-state index is 6.36. The summed E-state index contributed by atoms with van der Waals surface area (Å²) in [6, 6.07) is 10.3. The third kappa shape index (κ3) is 4.03. The molecule has 1 aromatic carbocycles. The summed E-state index contributed by atoms with van der Waals surface area (Å²) in [5, 5.41) is 0. The molecule has 3 nitrogen and oxygen atoms in total. The van der Waals surface area contributed by atoms with Crippen molar-refractivity contribution in [1.82, 2.24) is 9.55 Å². The van der Waals surface area contributed by atoms with E-state index in [1.807, 2.05) is 17.8 Å². The Balaban J connectivity index is 2.30. The lowest BCUT2D eigenvalue weighted by atomic mass is 10.2. The molecule has 2 N–H and O–H groups in total. The van der Waals surface area contributed by atoms with Crippen molar-refractivity contribution < 1.29 is 0 Å². The summed E-state index contributed by atoms with van der Waals surface area (Å²) in [4.78, 5) is 4.83. The predicted octanol–water partition coefficient (Wildman–Crippen LogP) is 4.23. The van der Waals surface area contributed by atoms with E-state index in [-0.39, 0.29) is 0 Å². The number of nitrogen functional groups attached to an aromatic ring is 1. The minimum absolute atomic E-state index is 0.846. The highest BCUT2D eigenvalue weighted by Gasteiger charge is 2.15. The molecule has 0 aliphatic heterocycles. The molecule has 0 saturated heterocycles. The molecular weight excluding hydrogens is 278 g/mol. The van der Waals surface area contributed by atoms with E-state index in [4.69, 9.17) is 10.7 Å². The normalized spacial score (nSPS) is 11.0. The van der Waals surface area contributed by atoms with Crippen molar-refractivity contribution in [3.63, 3.8) is 0 Å². The molecule has 0 atom stereocenters. The van der Waals surface area contributed by atoms with E-state index in [9.17, 15) is 0 Å². The first-order valence-corrected chi connectivity index (χ1v) is 8.91. The molecule has 1 heterocycles. The molecule has 0 bridgehead atoms. The first kappa shape index (κ1) is 16.0. The molecule has 0 fully saturated rings. The van der Waals surface area contributed by atoms with Gasteiger partial charge in [0.1, 0.15) is 11.6 Å². The lowest BCUT2D eigenvalue weighted by Gasteiger charge is -2.09. The zero-order valence-corrected chi connectivity index (χ0v) is 13.8. The van der Waals surface area contributed by atoms with Crippen LogP contribution in [0.5, 0.6) is 0 Å². The molecule has 0 saturated carbocycles. The molecule has 0 aliphatic carbocycles. The fourth-order valence-corrected chi connectivity index (χ4v) is 2.99. The summed E-state index contributed by atoms with van der Waals surface area (Å²) in [7, 11) is 0. The fraction of sp³-hybridized carbons (Fsp3) is 0.471. The van der Waals surface area contributed by atoms with Gasteiger partial charge >= 0.3 is 0 Å². The van der Waals surface area contributed by atoms with Crippen LogP contribution in [0.3, 0.4) is 0 Å². The summed E-state index contributed by atoms with van der Waals surface area (Å²) in [5.74, 6) is 4.08. The van der Waals surface area contributed by atoms with Crippen LogP contribution in [0.4, 0.5) is 5.82 Å². The second-order valence-corrected chi connectivity index (χ2v) is 6.48. The minimum Gasteiger partial charge on any atom is -0.384 e. The molecule has 0 radical (unpaired) electrons. The van der Waals surface area contributed by atoms with Gasteiger partial charge in [0, 0.05) is 18.5 Å². The number of hydrogen-bond acceptors (Lipinski definition) is 3. The molecule has 21 heavy (non-hydrogen) atoms. The molecule has 0 unspecified atom stereocenters. The molecule has 0 aliphatic rings. The van der Waals surface area contributed by atoms with Crippen molar-refractivity contribution in [2.75, 3.05) is 17.2 Å². The number of aryl methyl sites for hydroxylation is 1. The van der Waals surface area contributed by atoms with E-state index < -0.39 is 0 Å². The summed E-state index contributed by atoms with van der Waals surface area (Å²) in [6.45, 7) is 5.33. The number of unbranched alkanes of at least 4 members (excludes halogenated alkanes) is 1. The molecule has 0 spiro atoms. The van der Waals surface area contributed by atoms with Crippen LogP contribution in [-0.4, -0.2) is 21.1 Å². The first-order valence-electron chi connectivity index (χ1n) is 7.76. The number of hydrogen-bond donors (Lipinski definition) is 1. The maximum atomic E-state index is 6.36. The second-order valence-electron chi connectivity index (χ2n) is 5.09. The molecule has 2 aromatic rings. The van der Waals surface area contributed by atoms with Gasteiger partial charge in [0.2, 0.25) is 0 Å². The number of aromatic nitrogens is 2. The maximum Gasteiger partial charge on any atom is 0.141 e. The van der Waals surface area contributed by atoms with Gasteiger partial charge in [0.05, 0.1) is 5.69 Å². The van der Waals surface area contributed by atoms with Crippen molar-refractivity contribution in [2.45, 2.75) is 39.7 Å². The van der Waals surface area contributed by atoms with E-state index in [1.165, 1.54) is 0 Å². The number of nitrogens with zero attached hydrogens (tertiary/aromatic N) is 2. The average Bonchev–Trinajstić information content (AvgIpc) is 2.83. The highest BCUT2D eigenvalue weighted by molar-refractivity contribution is 7.99. The number of rotatable bonds is 8. The lowest BCUT2D eigenvalue weighted by molar-refractivity contribution is 0.642. The first-order chi connectivity index (χ1) is 10.3. The van der Waals surface area contributed by atoms with Crippen LogP contribution in [-0.2, 0) is 13.0 Å². The highest BCUT2D eigenvalue weighted by atomic mass is 32.2. The van der Waals surface area contributed by atoms with Gasteiger partial charge in [-0.25, -0.2) is 4.98 Å². The monoisotopic (exact) mass is 303 g/mol. The Morgan fingerprint density at radius 2 is 1.95 bits per heavy atom. The average molecular weight is 303 g/mol. The van der Waals surface area contributed by atoms with Crippen LogP contribution in [0.2, 0.25) is 0 Å². The minimum atomic E-state index is 0.846. The summed E-state index contributed by atoms with van der Waals surface area (Å²) < 4.78 is 2.19. The van der Waals surface area contributed by atoms with Gasteiger partial charge in [-0.05, 0) is 17.9 Å². The molecule has 2 rings (SSSR count). The van der Waals surface area contributed by atoms with E-state index >= 15 is 0 Å². The second kappa shape index (κ2) is 8.13. The SMILES string of the molecule is CCCCn1c(-c2ccccc2)nc(CCSCC)c1N. The summed E-state index contributed by atoms with van der Waals surface area (Å²) in [5.41, 5.74) is 8.55. The van der Waals surface area contributed by atoms with Gasteiger partial charge in [0.25, 0.3) is 0 Å². The topological polar surface area (TPSA) is 43.8 Å². The van der Waals surface area contributed by atoms with Crippen molar-refractivity contribution >= 4 is 17.6 Å². The van der Waals surface area contributed by atoms with Crippen LogP contribution in [0.1, 0.15) is 32.4 Å². The smallest absolute Gasteiger partial charge is 0.141 e. The van der Waals surface area contributed by atoms with Crippen molar-refractivity contribution in [2.24, 2.45) is 0 Å². The Hall–Kier alpha value is -1.42. The van der Waals surface area contributed by atoms with E-state index in [1.54, 1.807) is 0 Å². The molecule has 1 aromatic heterocycles. The largest absolute Gasteiger partial charge is 0.384 e. The fourth-order valence-electron chi connectivity index (χ4n) is 2.36. The number of thioether (sulfide) groups is 1. The van der Waals surface area contributed by atoms with Crippen LogP contribution in [0.25, 0.3) is 11.4 Å². The zero-order chi connectivity index (χ0) is 15.1. The van der Waals surface area contributed by atoms with E-state index in [0.29, 0.717) is 0 Å². The predicted molar refractivity (Wildman–Crippen MR) is 93.7 cm³/mol. The summed E-state index contributed by atoms with van der Waals surface area (Å²) >= 11 is 1.94.